The third-order valence-electron chi connectivity index (χ3n) is 2.55. The van der Waals surface area contributed by atoms with Gasteiger partial charge >= 0.3 is 0 Å². The number of phenolic OH excluding ortho intramolecular Hbond substituents is 1. The van der Waals surface area contributed by atoms with Crippen molar-refractivity contribution in [2.45, 2.75) is 27.2 Å². The number of hydrogen-bond donors (Lipinski definition) is 1. The molecule has 76 valence electrons. The van der Waals surface area contributed by atoms with Gasteiger partial charge in [-0.15, -0.1) is 0 Å². The fourth-order valence-electron chi connectivity index (χ4n) is 1.53. The maximum Gasteiger partial charge on any atom is 0.119 e. The summed E-state index contributed by atoms with van der Waals surface area (Å²) in [6, 6.07) is 1.58. The number of benzene rings is 1. The van der Waals surface area contributed by atoms with E-state index in [0.717, 1.165) is 22.3 Å². The smallest absolute Gasteiger partial charge is 0.119 e. The highest BCUT2D eigenvalue weighted by Crippen LogP contribution is 2.26. The molecule has 0 amide bonds. The van der Waals surface area contributed by atoms with Gasteiger partial charge < -0.3 is 15.0 Å². The van der Waals surface area contributed by atoms with Crippen molar-refractivity contribution in [1.29, 1.82) is 0 Å². The Hall–Kier alpha value is -1.51. The molecule has 0 aliphatic rings. The zero-order valence-electron chi connectivity index (χ0n) is 8.55. The van der Waals surface area contributed by atoms with Crippen LogP contribution in [0.2, 0.25) is 0 Å². The summed E-state index contributed by atoms with van der Waals surface area (Å²) in [5, 5.41) is 20.0. The van der Waals surface area contributed by atoms with Gasteiger partial charge in [-0.1, -0.05) is 0 Å². The molecule has 0 heterocycles. The average molecular weight is 193 g/mol. The van der Waals surface area contributed by atoms with Crippen molar-refractivity contribution >= 4 is 5.97 Å². The van der Waals surface area contributed by atoms with E-state index in [2.05, 4.69) is 0 Å². The van der Waals surface area contributed by atoms with Gasteiger partial charge in [0.15, 0.2) is 0 Å². The molecule has 14 heavy (non-hydrogen) atoms. The Labute approximate surface area is 83.0 Å². The van der Waals surface area contributed by atoms with E-state index >= 15 is 0 Å². The second kappa shape index (κ2) is 3.70. The van der Waals surface area contributed by atoms with Crippen molar-refractivity contribution in [1.82, 2.24) is 0 Å². The second-order valence-corrected chi connectivity index (χ2v) is 3.49. The summed E-state index contributed by atoms with van der Waals surface area (Å²) in [6.07, 6.45) is -0.0984. The zero-order chi connectivity index (χ0) is 10.9. The average Bonchev–Trinajstić information content (AvgIpc) is 2.09. The maximum atomic E-state index is 10.5. The van der Waals surface area contributed by atoms with E-state index in [1.165, 1.54) is 0 Å². The van der Waals surface area contributed by atoms with E-state index in [1.54, 1.807) is 26.8 Å². The monoisotopic (exact) mass is 193 g/mol. The lowest BCUT2D eigenvalue weighted by Gasteiger charge is -2.14. The minimum absolute atomic E-state index is 0.0984. The molecular weight excluding hydrogens is 180 g/mol. The van der Waals surface area contributed by atoms with Crippen molar-refractivity contribution in [3.05, 3.63) is 28.3 Å². The van der Waals surface area contributed by atoms with E-state index in [1.807, 2.05) is 0 Å². The topological polar surface area (TPSA) is 60.4 Å². The van der Waals surface area contributed by atoms with Gasteiger partial charge in [0.25, 0.3) is 0 Å². The lowest BCUT2D eigenvalue weighted by Crippen LogP contribution is -2.25. The highest BCUT2D eigenvalue weighted by atomic mass is 16.4. The van der Waals surface area contributed by atoms with Crippen LogP contribution in [0.4, 0.5) is 0 Å². The number of aromatic hydroxyl groups is 1. The maximum absolute atomic E-state index is 10.5. The molecular formula is C11H13O3-. The predicted octanol–water partition coefficient (Wildman–Crippen LogP) is 0.610. The zero-order valence-corrected chi connectivity index (χ0v) is 8.55. The first-order chi connectivity index (χ1) is 6.43. The molecule has 1 N–H and O–H groups in total. The highest BCUT2D eigenvalue weighted by molar-refractivity contribution is 5.70. The summed E-state index contributed by atoms with van der Waals surface area (Å²) in [5.41, 5.74) is 3.08. The molecule has 0 radical (unpaired) electrons. The van der Waals surface area contributed by atoms with Crippen LogP contribution in [0.3, 0.4) is 0 Å². The summed E-state index contributed by atoms with van der Waals surface area (Å²) in [4.78, 5) is 10.5. The fourth-order valence-corrected chi connectivity index (χ4v) is 1.53. The number of aryl methyl sites for hydroxylation is 1. The van der Waals surface area contributed by atoms with Gasteiger partial charge in [-0.25, -0.2) is 0 Å². The lowest BCUT2D eigenvalue weighted by molar-refractivity contribution is -0.304. The molecule has 0 saturated carbocycles. The molecule has 3 nitrogen and oxygen atoms in total. The minimum atomic E-state index is -1.10. The van der Waals surface area contributed by atoms with Gasteiger partial charge in [0.1, 0.15) is 5.75 Å². The van der Waals surface area contributed by atoms with E-state index in [-0.39, 0.29) is 12.2 Å². The van der Waals surface area contributed by atoms with Crippen LogP contribution in [0, 0.1) is 20.8 Å². The molecule has 0 aliphatic carbocycles. The summed E-state index contributed by atoms with van der Waals surface area (Å²) in [7, 11) is 0. The van der Waals surface area contributed by atoms with Crippen LogP contribution >= 0.6 is 0 Å². The normalized spacial score (nSPS) is 10.2. The molecule has 0 fully saturated rings. The van der Waals surface area contributed by atoms with Crippen molar-refractivity contribution < 1.29 is 15.0 Å². The Morgan fingerprint density at radius 2 is 1.93 bits per heavy atom. The Morgan fingerprint density at radius 1 is 1.36 bits per heavy atom. The van der Waals surface area contributed by atoms with Crippen LogP contribution in [0.1, 0.15) is 22.3 Å². The largest absolute Gasteiger partial charge is 0.550 e. The summed E-state index contributed by atoms with van der Waals surface area (Å²) in [5.74, 6) is -0.886. The molecule has 0 atom stereocenters. The molecule has 3 heteroatoms. The molecule has 0 spiro atoms. The van der Waals surface area contributed by atoms with Gasteiger partial charge in [0.2, 0.25) is 0 Å². The Balaban J connectivity index is 3.29. The van der Waals surface area contributed by atoms with Crippen LogP contribution in [-0.2, 0) is 11.2 Å². The van der Waals surface area contributed by atoms with Gasteiger partial charge in [0.05, 0.1) is 0 Å². The molecule has 1 aromatic rings. The summed E-state index contributed by atoms with van der Waals surface area (Å²) >= 11 is 0. The van der Waals surface area contributed by atoms with Crippen LogP contribution in [-0.4, -0.2) is 11.1 Å². The first-order valence-electron chi connectivity index (χ1n) is 4.42. The van der Waals surface area contributed by atoms with Gasteiger partial charge in [-0.2, -0.15) is 0 Å². The quantitative estimate of drug-likeness (QED) is 0.748. The lowest BCUT2D eigenvalue weighted by atomic mass is 9.95. The molecule has 0 aliphatic heterocycles. The number of carboxylic acid groups (broad SMARTS) is 1. The third-order valence-corrected chi connectivity index (χ3v) is 2.55. The Morgan fingerprint density at radius 3 is 2.43 bits per heavy atom. The van der Waals surface area contributed by atoms with E-state index < -0.39 is 5.97 Å². The molecule has 1 rings (SSSR count). The number of phenols is 1. The molecule has 0 saturated heterocycles. The Bertz CT molecular complexity index is 381. The van der Waals surface area contributed by atoms with Crippen LogP contribution in [0.25, 0.3) is 0 Å². The Kier molecular flexibility index (Phi) is 2.79. The third kappa shape index (κ3) is 1.87. The number of rotatable bonds is 2. The van der Waals surface area contributed by atoms with Gasteiger partial charge in [-0.05, 0) is 49.1 Å². The highest BCUT2D eigenvalue weighted by Gasteiger charge is 2.09. The van der Waals surface area contributed by atoms with Crippen molar-refractivity contribution in [2.24, 2.45) is 0 Å². The van der Waals surface area contributed by atoms with Crippen LogP contribution in [0.15, 0.2) is 6.07 Å². The molecule has 1 aromatic carbocycles. The summed E-state index contributed by atoms with van der Waals surface area (Å²) < 4.78 is 0. The van der Waals surface area contributed by atoms with Crippen LogP contribution in [0.5, 0.6) is 5.75 Å². The van der Waals surface area contributed by atoms with Crippen molar-refractivity contribution in [3.8, 4) is 5.75 Å². The van der Waals surface area contributed by atoms with E-state index in [4.69, 9.17) is 0 Å². The fraction of sp³-hybridized carbons (Fsp3) is 0.364. The van der Waals surface area contributed by atoms with Gasteiger partial charge in [-0.3, -0.25) is 0 Å². The number of aliphatic carboxylic acids is 1. The molecule has 0 bridgehead atoms. The first kappa shape index (κ1) is 10.6. The van der Waals surface area contributed by atoms with E-state index in [0.29, 0.717) is 0 Å². The number of carbonyl (C=O) groups excluding carboxylic acids is 1. The SMILES string of the molecule is Cc1cc(O)c(C)c(C)c1CC(=O)[O-]. The number of carboxylic acids is 1. The van der Waals surface area contributed by atoms with E-state index in [9.17, 15) is 15.0 Å². The van der Waals surface area contributed by atoms with Crippen molar-refractivity contribution in [2.75, 3.05) is 0 Å². The van der Waals surface area contributed by atoms with Crippen LogP contribution < -0.4 is 5.11 Å². The van der Waals surface area contributed by atoms with Crippen molar-refractivity contribution in [3.63, 3.8) is 0 Å². The minimum Gasteiger partial charge on any atom is -0.550 e. The standard InChI is InChI=1S/C11H14O3/c1-6-4-10(12)8(3)7(2)9(6)5-11(13)14/h4,12H,5H2,1-3H3,(H,13,14)/p-1. The molecule has 0 unspecified atom stereocenters. The number of carbonyl (C=O) groups is 1. The molecule has 0 aromatic heterocycles. The van der Waals surface area contributed by atoms with Gasteiger partial charge in [0, 0.05) is 12.4 Å². The summed E-state index contributed by atoms with van der Waals surface area (Å²) in [6.45, 7) is 5.35. The number of hydrogen-bond acceptors (Lipinski definition) is 3. The predicted molar refractivity (Wildman–Crippen MR) is 51.0 cm³/mol. The second-order valence-electron chi connectivity index (χ2n) is 3.49. The first-order valence-corrected chi connectivity index (χ1v) is 4.42.